The summed E-state index contributed by atoms with van der Waals surface area (Å²) in [6.45, 7) is 5.93. The predicted octanol–water partition coefficient (Wildman–Crippen LogP) is 9.66. The van der Waals surface area contributed by atoms with Gasteiger partial charge in [-0.2, -0.15) is 0 Å². The molecule has 0 spiro atoms. The van der Waals surface area contributed by atoms with Crippen LogP contribution in [0.15, 0.2) is 61.3 Å². The molecule has 0 fully saturated rings. The van der Waals surface area contributed by atoms with Crippen LogP contribution in [0.5, 0.6) is 0 Å². The maximum Gasteiger partial charge on any atom is -0.0348 e. The van der Waals surface area contributed by atoms with Gasteiger partial charge in [-0.05, 0) is 12.8 Å². The molecule has 0 nitrogen and oxygen atoms in total. The Kier molecular flexibility index (Phi) is 23.5. The standard InChI is InChI=1S/C27H46/c1-3-5-7-9-11-13-15-17-19-21-23-25-27-26-24-22-20-18-16-14-12-10-8-6-4-2/h3,5,7,9,11,13,15,17,19H,1,4,6,8,10,12,14,16,18,20-27H2,2H3/b7-5+,11-9+,15-13+,19-17+. The Hall–Kier alpha value is -1.30. The lowest BCUT2D eigenvalue weighted by Crippen LogP contribution is -1.83. The molecule has 0 aromatic heterocycles. The average molecular weight is 371 g/mol. The van der Waals surface area contributed by atoms with E-state index in [0.717, 1.165) is 0 Å². The first-order chi connectivity index (χ1) is 13.4. The van der Waals surface area contributed by atoms with Crippen molar-refractivity contribution in [3.63, 3.8) is 0 Å². The van der Waals surface area contributed by atoms with Crippen molar-refractivity contribution < 1.29 is 0 Å². The van der Waals surface area contributed by atoms with Gasteiger partial charge in [0.1, 0.15) is 0 Å². The molecule has 0 bridgehead atoms. The smallest absolute Gasteiger partial charge is 0.0348 e. The summed E-state index contributed by atoms with van der Waals surface area (Å²) < 4.78 is 0. The molecule has 0 saturated carbocycles. The van der Waals surface area contributed by atoms with Crippen molar-refractivity contribution >= 4 is 0 Å². The number of hydrogen-bond acceptors (Lipinski definition) is 0. The summed E-state index contributed by atoms with van der Waals surface area (Å²) in [6.07, 6.45) is 41.1. The summed E-state index contributed by atoms with van der Waals surface area (Å²) in [5.41, 5.74) is 0. The van der Waals surface area contributed by atoms with Gasteiger partial charge in [0, 0.05) is 0 Å². The highest BCUT2D eigenvalue weighted by Crippen LogP contribution is 2.13. The van der Waals surface area contributed by atoms with E-state index in [1.54, 1.807) is 6.08 Å². The van der Waals surface area contributed by atoms with E-state index in [1.165, 1.54) is 103 Å². The van der Waals surface area contributed by atoms with Crippen molar-refractivity contribution in [3.8, 4) is 0 Å². The Morgan fingerprint density at radius 3 is 1.26 bits per heavy atom. The molecule has 0 atom stereocenters. The topological polar surface area (TPSA) is 0 Å². The van der Waals surface area contributed by atoms with Crippen LogP contribution in [-0.2, 0) is 0 Å². The van der Waals surface area contributed by atoms with Crippen molar-refractivity contribution in [2.75, 3.05) is 0 Å². The minimum atomic E-state index is 1.21. The lowest BCUT2D eigenvalue weighted by atomic mass is 10.0. The van der Waals surface area contributed by atoms with Gasteiger partial charge in [0.2, 0.25) is 0 Å². The van der Waals surface area contributed by atoms with Gasteiger partial charge < -0.3 is 0 Å². The molecule has 0 aliphatic rings. The second kappa shape index (κ2) is 24.7. The molecule has 0 N–H and O–H groups in total. The fraction of sp³-hybridized carbons (Fsp3) is 0.630. The van der Waals surface area contributed by atoms with E-state index in [4.69, 9.17) is 0 Å². The van der Waals surface area contributed by atoms with E-state index < -0.39 is 0 Å². The summed E-state index contributed by atoms with van der Waals surface area (Å²) in [7, 11) is 0. The van der Waals surface area contributed by atoms with E-state index in [0.29, 0.717) is 0 Å². The Bertz CT molecular complexity index is 394. The summed E-state index contributed by atoms with van der Waals surface area (Å²) in [6, 6.07) is 0. The molecule has 0 heteroatoms. The van der Waals surface area contributed by atoms with Crippen molar-refractivity contribution in [2.24, 2.45) is 0 Å². The molecule has 0 aliphatic heterocycles. The molecule has 0 radical (unpaired) electrons. The van der Waals surface area contributed by atoms with Crippen LogP contribution in [0.25, 0.3) is 0 Å². The van der Waals surface area contributed by atoms with E-state index >= 15 is 0 Å². The van der Waals surface area contributed by atoms with E-state index in [-0.39, 0.29) is 0 Å². The van der Waals surface area contributed by atoms with Gasteiger partial charge >= 0.3 is 0 Å². The van der Waals surface area contributed by atoms with Gasteiger partial charge in [-0.25, -0.2) is 0 Å². The third-order valence-electron chi connectivity index (χ3n) is 4.91. The lowest BCUT2D eigenvalue weighted by molar-refractivity contribution is 0.533. The zero-order chi connectivity index (χ0) is 19.7. The number of allylic oxidation sites excluding steroid dienone is 9. The molecule has 0 heterocycles. The quantitative estimate of drug-likeness (QED) is 0.148. The predicted molar refractivity (Wildman–Crippen MR) is 126 cm³/mol. The Labute approximate surface area is 171 Å². The van der Waals surface area contributed by atoms with Gasteiger partial charge in [-0.1, -0.05) is 158 Å². The van der Waals surface area contributed by atoms with Crippen LogP contribution in [0.4, 0.5) is 0 Å². The van der Waals surface area contributed by atoms with Crippen molar-refractivity contribution in [2.45, 2.75) is 110 Å². The van der Waals surface area contributed by atoms with Crippen LogP contribution in [0.1, 0.15) is 110 Å². The highest BCUT2D eigenvalue weighted by molar-refractivity contribution is 5.17. The minimum Gasteiger partial charge on any atom is -0.0991 e. The van der Waals surface area contributed by atoms with Gasteiger partial charge in [0.25, 0.3) is 0 Å². The number of rotatable bonds is 20. The monoisotopic (exact) mass is 370 g/mol. The zero-order valence-corrected chi connectivity index (χ0v) is 18.2. The van der Waals surface area contributed by atoms with Crippen LogP contribution in [0.3, 0.4) is 0 Å². The van der Waals surface area contributed by atoms with Crippen LogP contribution < -0.4 is 0 Å². The summed E-state index contributed by atoms with van der Waals surface area (Å²) in [5.74, 6) is 0. The van der Waals surface area contributed by atoms with Crippen LogP contribution in [0.2, 0.25) is 0 Å². The zero-order valence-electron chi connectivity index (χ0n) is 18.2. The maximum absolute atomic E-state index is 3.64. The van der Waals surface area contributed by atoms with Gasteiger partial charge in [0.05, 0.1) is 0 Å². The van der Waals surface area contributed by atoms with E-state index in [2.05, 4.69) is 37.8 Å². The number of unbranched alkanes of at least 4 members (excludes halogenated alkanes) is 15. The normalized spacial score (nSPS) is 12.3. The first-order valence-electron chi connectivity index (χ1n) is 11.7. The van der Waals surface area contributed by atoms with E-state index in [9.17, 15) is 0 Å². The van der Waals surface area contributed by atoms with Crippen LogP contribution in [0, 0.1) is 0 Å². The summed E-state index contributed by atoms with van der Waals surface area (Å²) in [5, 5.41) is 0. The number of hydrogen-bond donors (Lipinski definition) is 0. The molecule has 0 aromatic carbocycles. The first-order valence-corrected chi connectivity index (χ1v) is 11.7. The first kappa shape index (κ1) is 25.7. The SMILES string of the molecule is C=C/C=C/C=C/C=C/C=C/CCCCCCCCCCCCCCCCC. The molecule has 0 aliphatic carbocycles. The molecular formula is C27H46. The van der Waals surface area contributed by atoms with Crippen LogP contribution in [-0.4, -0.2) is 0 Å². The fourth-order valence-corrected chi connectivity index (χ4v) is 3.21. The highest BCUT2D eigenvalue weighted by Gasteiger charge is 1.94. The Morgan fingerprint density at radius 1 is 0.444 bits per heavy atom. The minimum absolute atomic E-state index is 1.21. The molecule has 154 valence electrons. The Balaban J connectivity index is 3.19. The summed E-state index contributed by atoms with van der Waals surface area (Å²) in [4.78, 5) is 0. The lowest BCUT2D eigenvalue weighted by Gasteiger charge is -2.03. The molecule has 0 saturated heterocycles. The fourth-order valence-electron chi connectivity index (χ4n) is 3.21. The second-order valence-corrected chi connectivity index (χ2v) is 7.56. The third-order valence-corrected chi connectivity index (χ3v) is 4.91. The molecule has 27 heavy (non-hydrogen) atoms. The third kappa shape index (κ3) is 24.7. The van der Waals surface area contributed by atoms with Gasteiger partial charge in [-0.15, -0.1) is 0 Å². The average Bonchev–Trinajstić information content (AvgIpc) is 2.68. The van der Waals surface area contributed by atoms with Crippen LogP contribution >= 0.6 is 0 Å². The Morgan fingerprint density at radius 2 is 0.815 bits per heavy atom. The van der Waals surface area contributed by atoms with Gasteiger partial charge in [-0.3, -0.25) is 0 Å². The van der Waals surface area contributed by atoms with E-state index in [1.807, 2.05) is 24.3 Å². The molecular weight excluding hydrogens is 324 g/mol. The van der Waals surface area contributed by atoms with Gasteiger partial charge in [0.15, 0.2) is 0 Å². The molecule has 0 aromatic rings. The highest BCUT2D eigenvalue weighted by atomic mass is 14.0. The van der Waals surface area contributed by atoms with Crippen molar-refractivity contribution in [1.29, 1.82) is 0 Å². The van der Waals surface area contributed by atoms with Crippen molar-refractivity contribution in [1.82, 2.24) is 0 Å². The summed E-state index contributed by atoms with van der Waals surface area (Å²) >= 11 is 0. The molecule has 0 unspecified atom stereocenters. The maximum atomic E-state index is 3.64. The molecule has 0 rings (SSSR count). The van der Waals surface area contributed by atoms with Crippen molar-refractivity contribution in [3.05, 3.63) is 61.3 Å². The molecule has 0 amide bonds. The second-order valence-electron chi connectivity index (χ2n) is 7.56. The largest absolute Gasteiger partial charge is 0.0991 e.